The molecule has 156 valence electrons. The van der Waals surface area contributed by atoms with Gasteiger partial charge in [0.1, 0.15) is 29.7 Å². The molecule has 0 saturated heterocycles. The third-order valence-corrected chi connectivity index (χ3v) is 4.26. The quantitative estimate of drug-likeness (QED) is 0.627. The highest BCUT2D eigenvalue weighted by Gasteiger charge is 2.31. The molecule has 0 aliphatic rings. The lowest BCUT2D eigenvalue weighted by Gasteiger charge is -2.12. The molecule has 3 rings (SSSR count). The summed E-state index contributed by atoms with van der Waals surface area (Å²) in [6.45, 7) is 1.66. The molecule has 1 aromatic heterocycles. The number of alkyl halides is 3. The minimum Gasteiger partial charge on any atom is -0.487 e. The van der Waals surface area contributed by atoms with Gasteiger partial charge in [-0.1, -0.05) is 18.2 Å². The fourth-order valence-corrected chi connectivity index (χ4v) is 2.91. The van der Waals surface area contributed by atoms with Crippen LogP contribution in [0.15, 0.2) is 48.5 Å². The van der Waals surface area contributed by atoms with Crippen molar-refractivity contribution < 1.29 is 27.8 Å². The Hall–Kier alpha value is -3.51. The van der Waals surface area contributed by atoms with Crippen molar-refractivity contribution in [2.75, 3.05) is 6.61 Å². The molecule has 9 heteroatoms. The Bertz CT molecular complexity index is 1050. The van der Waals surface area contributed by atoms with E-state index in [1.54, 1.807) is 25.1 Å². The van der Waals surface area contributed by atoms with Crippen LogP contribution in [-0.2, 0) is 13.0 Å². The monoisotopic (exact) mass is 417 g/mol. The summed E-state index contributed by atoms with van der Waals surface area (Å²) < 4.78 is 48.7. The van der Waals surface area contributed by atoms with Crippen molar-refractivity contribution in [1.29, 1.82) is 5.26 Å². The molecule has 0 amide bonds. The minimum atomic E-state index is -4.81. The van der Waals surface area contributed by atoms with E-state index in [0.717, 1.165) is 5.56 Å². The third-order valence-electron chi connectivity index (χ3n) is 4.26. The van der Waals surface area contributed by atoms with Gasteiger partial charge in [-0.2, -0.15) is 10.4 Å². The molecule has 1 heterocycles. The van der Waals surface area contributed by atoms with Crippen LogP contribution in [0.25, 0.3) is 5.69 Å². The number of hydrogen-bond acceptors (Lipinski definition) is 5. The van der Waals surface area contributed by atoms with E-state index >= 15 is 0 Å². The Morgan fingerprint density at radius 1 is 1.13 bits per heavy atom. The summed E-state index contributed by atoms with van der Waals surface area (Å²) in [5, 5.41) is 22.8. The van der Waals surface area contributed by atoms with Crippen LogP contribution in [-0.4, -0.2) is 27.9 Å². The van der Waals surface area contributed by atoms with E-state index in [2.05, 4.69) is 15.9 Å². The van der Waals surface area contributed by atoms with E-state index < -0.39 is 12.1 Å². The topological polar surface area (TPSA) is 80.3 Å². The van der Waals surface area contributed by atoms with Crippen LogP contribution in [0.4, 0.5) is 13.2 Å². The number of nitriles is 1. The van der Waals surface area contributed by atoms with Crippen molar-refractivity contribution in [3.63, 3.8) is 0 Å². The Labute approximate surface area is 170 Å². The maximum Gasteiger partial charge on any atom is 0.573 e. The van der Waals surface area contributed by atoms with Crippen molar-refractivity contribution in [3.05, 3.63) is 71.0 Å². The van der Waals surface area contributed by atoms with Crippen LogP contribution < -0.4 is 9.47 Å². The highest BCUT2D eigenvalue weighted by atomic mass is 19.4. The Balaban J connectivity index is 1.88. The molecule has 30 heavy (non-hydrogen) atoms. The number of halogens is 3. The second kappa shape index (κ2) is 8.88. The van der Waals surface area contributed by atoms with Gasteiger partial charge < -0.3 is 14.6 Å². The molecule has 0 bridgehead atoms. The molecule has 0 saturated carbocycles. The summed E-state index contributed by atoms with van der Waals surface area (Å²) in [5.41, 5.74) is 2.37. The molecular formula is C21H18F3N3O3. The second-order valence-corrected chi connectivity index (χ2v) is 6.38. The van der Waals surface area contributed by atoms with Crippen molar-refractivity contribution >= 4 is 0 Å². The zero-order valence-electron chi connectivity index (χ0n) is 16.0. The number of hydrogen-bond donors (Lipinski definition) is 1. The lowest BCUT2D eigenvalue weighted by Crippen LogP contribution is -2.17. The fourth-order valence-electron chi connectivity index (χ4n) is 2.91. The lowest BCUT2D eigenvalue weighted by atomic mass is 10.1. The third kappa shape index (κ3) is 5.10. The van der Waals surface area contributed by atoms with Crippen molar-refractivity contribution in [1.82, 2.24) is 9.78 Å². The number of aliphatic hydroxyl groups is 1. The molecular weight excluding hydrogens is 399 g/mol. The lowest BCUT2D eigenvalue weighted by molar-refractivity contribution is -0.274. The van der Waals surface area contributed by atoms with Crippen molar-refractivity contribution in [3.8, 4) is 23.3 Å². The summed E-state index contributed by atoms with van der Waals surface area (Å²) in [6.07, 6.45) is -4.29. The molecule has 0 aliphatic heterocycles. The number of aryl methyl sites for hydroxylation is 1. The van der Waals surface area contributed by atoms with Gasteiger partial charge >= 0.3 is 6.36 Å². The Morgan fingerprint density at radius 3 is 2.50 bits per heavy atom. The van der Waals surface area contributed by atoms with E-state index in [1.807, 2.05) is 12.1 Å². The number of rotatable bonds is 7. The molecule has 0 unspecified atom stereocenters. The molecule has 0 spiro atoms. The zero-order valence-corrected chi connectivity index (χ0v) is 16.0. The maximum atomic E-state index is 12.5. The van der Waals surface area contributed by atoms with Crippen LogP contribution in [0.3, 0.4) is 0 Å². The number of ether oxygens (including phenoxy) is 2. The van der Waals surface area contributed by atoms with Crippen LogP contribution in [0, 0.1) is 18.3 Å². The van der Waals surface area contributed by atoms with Crippen LogP contribution >= 0.6 is 0 Å². The highest BCUT2D eigenvalue weighted by Crippen LogP contribution is 2.27. The SMILES string of the molecule is Cc1nn(-c2cccc(OC(F)(F)F)c2)c(COc2ccc(CCO)cc2)c1C#N. The van der Waals surface area contributed by atoms with Crippen molar-refractivity contribution in [2.24, 2.45) is 0 Å². The van der Waals surface area contributed by atoms with E-state index in [-0.39, 0.29) is 18.8 Å². The van der Waals surface area contributed by atoms with Gasteiger partial charge in [-0.05, 0) is 43.2 Å². The van der Waals surface area contributed by atoms with Crippen molar-refractivity contribution in [2.45, 2.75) is 26.3 Å². The van der Waals surface area contributed by atoms with Gasteiger partial charge in [0.2, 0.25) is 0 Å². The van der Waals surface area contributed by atoms with Gasteiger partial charge in [-0.3, -0.25) is 0 Å². The second-order valence-electron chi connectivity index (χ2n) is 6.38. The van der Waals surface area contributed by atoms with Gasteiger partial charge in [-0.15, -0.1) is 13.2 Å². The molecule has 3 aromatic rings. The first-order valence-electron chi connectivity index (χ1n) is 8.98. The summed E-state index contributed by atoms with van der Waals surface area (Å²) in [4.78, 5) is 0. The standard InChI is InChI=1S/C21H18F3N3O3/c1-14-19(12-25)20(13-29-17-7-5-15(6-8-17)9-10-28)27(26-14)16-3-2-4-18(11-16)30-21(22,23)24/h2-8,11,28H,9-10,13H2,1H3. The highest BCUT2D eigenvalue weighted by molar-refractivity contribution is 5.46. The number of benzene rings is 2. The summed E-state index contributed by atoms with van der Waals surface area (Å²) in [5.74, 6) is 0.151. The summed E-state index contributed by atoms with van der Waals surface area (Å²) in [7, 11) is 0. The van der Waals surface area contributed by atoms with Crippen LogP contribution in [0.5, 0.6) is 11.5 Å². The largest absolute Gasteiger partial charge is 0.573 e. The first-order chi connectivity index (χ1) is 14.3. The normalized spacial score (nSPS) is 11.2. The number of aliphatic hydroxyl groups excluding tert-OH is 1. The van der Waals surface area contributed by atoms with Crippen LogP contribution in [0.1, 0.15) is 22.5 Å². The maximum absolute atomic E-state index is 12.5. The van der Waals surface area contributed by atoms with E-state index in [4.69, 9.17) is 9.84 Å². The average Bonchev–Trinajstić information content (AvgIpc) is 3.02. The Morgan fingerprint density at radius 2 is 1.87 bits per heavy atom. The summed E-state index contributed by atoms with van der Waals surface area (Å²) in [6, 6.07) is 14.5. The number of aromatic nitrogens is 2. The first kappa shape index (κ1) is 21.2. The van der Waals surface area contributed by atoms with Crippen LogP contribution in [0.2, 0.25) is 0 Å². The van der Waals surface area contributed by atoms with E-state index in [1.165, 1.54) is 22.9 Å². The van der Waals surface area contributed by atoms with E-state index in [0.29, 0.717) is 29.2 Å². The smallest absolute Gasteiger partial charge is 0.487 e. The molecule has 1 N–H and O–H groups in total. The van der Waals surface area contributed by atoms with Gasteiger partial charge in [0.05, 0.1) is 17.1 Å². The number of nitrogens with zero attached hydrogens (tertiary/aromatic N) is 3. The molecule has 0 radical (unpaired) electrons. The molecule has 0 aliphatic carbocycles. The molecule has 2 aromatic carbocycles. The first-order valence-corrected chi connectivity index (χ1v) is 8.98. The Kier molecular flexibility index (Phi) is 6.28. The molecule has 6 nitrogen and oxygen atoms in total. The van der Waals surface area contributed by atoms with Gasteiger partial charge in [0.25, 0.3) is 0 Å². The zero-order chi connectivity index (χ0) is 21.7. The molecule has 0 atom stereocenters. The van der Waals surface area contributed by atoms with Gasteiger partial charge in [0.15, 0.2) is 0 Å². The van der Waals surface area contributed by atoms with Gasteiger partial charge in [0, 0.05) is 12.7 Å². The predicted octanol–water partition coefficient (Wildman–Crippen LogP) is 4.06. The van der Waals surface area contributed by atoms with Gasteiger partial charge in [-0.25, -0.2) is 4.68 Å². The predicted molar refractivity (Wildman–Crippen MR) is 101 cm³/mol. The van der Waals surface area contributed by atoms with E-state index in [9.17, 15) is 18.4 Å². The average molecular weight is 417 g/mol. The molecule has 0 fully saturated rings. The summed E-state index contributed by atoms with van der Waals surface area (Å²) >= 11 is 0. The minimum absolute atomic E-state index is 0.0204. The fraction of sp³-hybridized carbons (Fsp3) is 0.238.